The Morgan fingerprint density at radius 2 is 1.69 bits per heavy atom. The number of carbonyl (C=O) groups excluding carboxylic acids is 4. The molecule has 4 rings (SSSR count). The second kappa shape index (κ2) is 9.12. The molecule has 11 heteroatoms. The van der Waals surface area contributed by atoms with E-state index < -0.39 is 54.9 Å². The maximum absolute atomic E-state index is 13.2. The van der Waals surface area contributed by atoms with Crippen molar-refractivity contribution in [2.45, 2.75) is 32.0 Å². The number of rotatable bonds is 7. The molecule has 1 atom stereocenters. The molecule has 0 spiro atoms. The molecule has 2 aromatic carbocycles. The second-order valence-corrected chi connectivity index (χ2v) is 8.47. The van der Waals surface area contributed by atoms with Crippen molar-refractivity contribution in [3.05, 3.63) is 65.0 Å². The van der Waals surface area contributed by atoms with E-state index in [1.807, 2.05) is 0 Å². The summed E-state index contributed by atoms with van der Waals surface area (Å²) in [6.45, 7) is -0.827. The number of benzene rings is 2. The lowest BCUT2D eigenvalue weighted by Crippen LogP contribution is -2.47. The molecule has 35 heavy (non-hydrogen) atoms. The van der Waals surface area contributed by atoms with Crippen LogP contribution in [-0.2, 0) is 9.53 Å². The van der Waals surface area contributed by atoms with Gasteiger partial charge in [-0.05, 0) is 68.1 Å². The van der Waals surface area contributed by atoms with Crippen molar-refractivity contribution in [3.63, 3.8) is 0 Å². The SMILES string of the molecule is CC(C1CC1)N(CC(F)(F)F)C(=O)COC(=O)c1ccc2c(c1)C(=O)N(c1ccc(F)cc1)C2=O. The number of imide groups is 1. The molecule has 1 aliphatic heterocycles. The highest BCUT2D eigenvalue weighted by Gasteiger charge is 2.41. The predicted molar refractivity (Wildman–Crippen MR) is 114 cm³/mol. The number of alkyl halides is 3. The number of hydrogen-bond acceptors (Lipinski definition) is 5. The third-order valence-corrected chi connectivity index (χ3v) is 6.00. The van der Waals surface area contributed by atoms with Crippen LogP contribution in [0.15, 0.2) is 42.5 Å². The van der Waals surface area contributed by atoms with Crippen LogP contribution in [0, 0.1) is 11.7 Å². The molecule has 1 aliphatic carbocycles. The highest BCUT2D eigenvalue weighted by molar-refractivity contribution is 6.34. The largest absolute Gasteiger partial charge is 0.452 e. The zero-order chi connectivity index (χ0) is 25.5. The monoisotopic (exact) mass is 492 g/mol. The van der Waals surface area contributed by atoms with E-state index in [0.29, 0.717) is 4.90 Å². The second-order valence-electron chi connectivity index (χ2n) is 8.47. The Bertz CT molecular complexity index is 1190. The molecule has 3 amide bonds. The minimum absolute atomic E-state index is 0.0153. The van der Waals surface area contributed by atoms with Gasteiger partial charge in [-0.3, -0.25) is 14.4 Å². The minimum Gasteiger partial charge on any atom is -0.452 e. The molecule has 1 unspecified atom stereocenters. The van der Waals surface area contributed by atoms with Crippen LogP contribution in [-0.4, -0.2) is 54.0 Å². The van der Waals surface area contributed by atoms with Gasteiger partial charge in [0.05, 0.1) is 22.4 Å². The van der Waals surface area contributed by atoms with Gasteiger partial charge in [0.25, 0.3) is 17.7 Å². The Morgan fingerprint density at radius 1 is 1.06 bits per heavy atom. The van der Waals surface area contributed by atoms with Gasteiger partial charge in [0.1, 0.15) is 12.4 Å². The fourth-order valence-corrected chi connectivity index (χ4v) is 3.97. The fraction of sp³-hybridized carbons (Fsp3) is 0.333. The van der Waals surface area contributed by atoms with Gasteiger partial charge in [0, 0.05) is 6.04 Å². The molecular weight excluding hydrogens is 472 g/mol. The van der Waals surface area contributed by atoms with Crippen LogP contribution in [0.4, 0.5) is 23.2 Å². The molecule has 0 radical (unpaired) electrons. The molecule has 184 valence electrons. The number of esters is 1. The molecule has 2 aliphatic rings. The molecule has 1 fully saturated rings. The van der Waals surface area contributed by atoms with E-state index in [1.165, 1.54) is 31.2 Å². The first kappa shape index (κ1) is 24.4. The van der Waals surface area contributed by atoms with Crippen LogP contribution in [0.1, 0.15) is 50.8 Å². The van der Waals surface area contributed by atoms with Crippen molar-refractivity contribution in [3.8, 4) is 0 Å². The number of ether oxygens (including phenoxy) is 1. The summed E-state index contributed by atoms with van der Waals surface area (Å²) < 4.78 is 57.0. The van der Waals surface area contributed by atoms with Gasteiger partial charge in [0.2, 0.25) is 0 Å². The Labute approximate surface area is 197 Å². The Hall–Kier alpha value is -3.76. The number of fused-ring (bicyclic) bond motifs is 1. The molecule has 0 N–H and O–H groups in total. The maximum atomic E-state index is 13.2. The summed E-state index contributed by atoms with van der Waals surface area (Å²) in [6.07, 6.45) is -3.16. The Morgan fingerprint density at radius 3 is 2.29 bits per heavy atom. The average Bonchev–Trinajstić information content (AvgIpc) is 3.62. The quantitative estimate of drug-likeness (QED) is 0.332. The average molecular weight is 492 g/mol. The standard InChI is InChI=1S/C24H20F4N2O5/c1-13(14-2-3-14)29(12-24(26,27)28)20(31)11-35-23(34)15-4-9-18-19(10-15)22(33)30(21(18)32)17-7-5-16(25)6-8-17/h4-10,13-14H,2-3,11-12H2,1H3. The van der Waals surface area contributed by atoms with Gasteiger partial charge >= 0.3 is 12.1 Å². The molecule has 2 aromatic rings. The third-order valence-electron chi connectivity index (χ3n) is 6.00. The first-order valence-corrected chi connectivity index (χ1v) is 10.8. The molecule has 1 heterocycles. The first-order chi connectivity index (χ1) is 16.5. The number of amides is 3. The van der Waals surface area contributed by atoms with Crippen molar-refractivity contribution in [2.24, 2.45) is 5.92 Å². The highest BCUT2D eigenvalue weighted by Crippen LogP contribution is 2.36. The molecule has 0 aromatic heterocycles. The van der Waals surface area contributed by atoms with E-state index >= 15 is 0 Å². The van der Waals surface area contributed by atoms with Crippen LogP contribution in [0.3, 0.4) is 0 Å². The van der Waals surface area contributed by atoms with E-state index in [1.54, 1.807) is 0 Å². The van der Waals surface area contributed by atoms with Crippen LogP contribution in [0.5, 0.6) is 0 Å². The summed E-state index contributed by atoms with van der Waals surface area (Å²) in [7, 11) is 0. The summed E-state index contributed by atoms with van der Waals surface area (Å²) in [5.74, 6) is -4.00. The lowest BCUT2D eigenvalue weighted by atomic mass is 10.1. The summed E-state index contributed by atoms with van der Waals surface area (Å²) in [5, 5.41) is 0. The first-order valence-electron chi connectivity index (χ1n) is 10.8. The van der Waals surface area contributed by atoms with Crippen molar-refractivity contribution in [1.29, 1.82) is 0 Å². The molecule has 0 saturated heterocycles. The lowest BCUT2D eigenvalue weighted by molar-refractivity contribution is -0.167. The zero-order valence-corrected chi connectivity index (χ0v) is 18.5. The van der Waals surface area contributed by atoms with Crippen molar-refractivity contribution in [1.82, 2.24) is 4.90 Å². The zero-order valence-electron chi connectivity index (χ0n) is 18.5. The normalized spacial score (nSPS) is 16.2. The summed E-state index contributed by atoms with van der Waals surface area (Å²) >= 11 is 0. The van der Waals surface area contributed by atoms with E-state index in [0.717, 1.165) is 35.9 Å². The Kier molecular flexibility index (Phi) is 6.35. The summed E-state index contributed by atoms with van der Waals surface area (Å²) in [4.78, 5) is 51.9. The van der Waals surface area contributed by atoms with Gasteiger partial charge < -0.3 is 9.64 Å². The topological polar surface area (TPSA) is 84.0 Å². The maximum Gasteiger partial charge on any atom is 0.406 e. The highest BCUT2D eigenvalue weighted by atomic mass is 19.4. The van der Waals surface area contributed by atoms with Gasteiger partial charge in [-0.15, -0.1) is 0 Å². The molecular formula is C24H20F4N2O5. The van der Waals surface area contributed by atoms with E-state index in [4.69, 9.17) is 4.74 Å². The van der Waals surface area contributed by atoms with Crippen molar-refractivity contribution in [2.75, 3.05) is 18.1 Å². The number of anilines is 1. The summed E-state index contributed by atoms with van der Waals surface area (Å²) in [5.41, 5.74) is -0.0964. The van der Waals surface area contributed by atoms with E-state index in [2.05, 4.69) is 0 Å². The number of halogens is 4. The van der Waals surface area contributed by atoms with Crippen molar-refractivity contribution >= 4 is 29.4 Å². The predicted octanol–water partition coefficient (Wildman–Crippen LogP) is 3.97. The van der Waals surface area contributed by atoms with Crippen LogP contribution in [0.25, 0.3) is 0 Å². The number of nitrogens with zero attached hydrogens (tertiary/aromatic N) is 2. The van der Waals surface area contributed by atoms with Crippen LogP contribution in [0.2, 0.25) is 0 Å². The fourth-order valence-electron chi connectivity index (χ4n) is 3.97. The van der Waals surface area contributed by atoms with Gasteiger partial charge in [0.15, 0.2) is 6.61 Å². The lowest BCUT2D eigenvalue weighted by Gasteiger charge is -2.30. The van der Waals surface area contributed by atoms with Gasteiger partial charge in [-0.1, -0.05) is 0 Å². The molecule has 0 bridgehead atoms. The summed E-state index contributed by atoms with van der Waals surface area (Å²) in [6, 6.07) is 7.61. The molecule has 1 saturated carbocycles. The van der Waals surface area contributed by atoms with Gasteiger partial charge in [-0.2, -0.15) is 13.2 Å². The smallest absolute Gasteiger partial charge is 0.406 e. The minimum atomic E-state index is -4.61. The number of hydrogen-bond donors (Lipinski definition) is 0. The Balaban J connectivity index is 1.46. The van der Waals surface area contributed by atoms with Crippen LogP contribution < -0.4 is 4.90 Å². The van der Waals surface area contributed by atoms with Gasteiger partial charge in [-0.25, -0.2) is 14.1 Å². The molecule has 7 nitrogen and oxygen atoms in total. The third kappa shape index (κ3) is 5.18. The van der Waals surface area contributed by atoms with Crippen molar-refractivity contribution < 1.29 is 41.5 Å². The number of carbonyl (C=O) groups is 4. The van der Waals surface area contributed by atoms with E-state index in [9.17, 15) is 36.7 Å². The van der Waals surface area contributed by atoms with Crippen LogP contribution >= 0.6 is 0 Å². The van der Waals surface area contributed by atoms with E-state index in [-0.39, 0.29) is 28.3 Å².